The molecule has 0 N–H and O–H groups in total. The average molecular weight is 228 g/mol. The van der Waals surface area contributed by atoms with Crippen LogP contribution in [0.1, 0.15) is 51.4 Å². The van der Waals surface area contributed by atoms with Gasteiger partial charge in [0.2, 0.25) is 0 Å². The molecular formula is C12H24O2Si. The number of hydrogen-bond acceptors (Lipinski definition) is 2. The third kappa shape index (κ3) is 3.57. The van der Waals surface area contributed by atoms with Gasteiger partial charge in [0, 0.05) is 12.2 Å². The van der Waals surface area contributed by atoms with Crippen LogP contribution in [-0.2, 0) is 8.85 Å². The molecule has 2 rings (SSSR count). The number of hydrogen-bond donors (Lipinski definition) is 0. The van der Waals surface area contributed by atoms with Crippen LogP contribution in [0.2, 0.25) is 13.1 Å². The minimum atomic E-state index is -1.83. The second-order valence-corrected chi connectivity index (χ2v) is 8.72. The van der Waals surface area contributed by atoms with E-state index in [0.29, 0.717) is 12.2 Å². The molecule has 0 aromatic carbocycles. The first kappa shape index (κ1) is 11.6. The SMILES string of the molecule is C[Si](C)(OC1CCCC1)OC1CCCC1. The van der Waals surface area contributed by atoms with E-state index in [0.717, 1.165) is 0 Å². The zero-order valence-corrected chi connectivity index (χ0v) is 11.1. The molecule has 0 bridgehead atoms. The Balaban J connectivity index is 1.76. The van der Waals surface area contributed by atoms with E-state index in [1.807, 2.05) is 0 Å². The predicted octanol–water partition coefficient (Wildman–Crippen LogP) is 3.61. The topological polar surface area (TPSA) is 18.5 Å². The van der Waals surface area contributed by atoms with Gasteiger partial charge >= 0.3 is 8.56 Å². The summed E-state index contributed by atoms with van der Waals surface area (Å²) < 4.78 is 12.4. The first-order chi connectivity index (χ1) is 7.16. The van der Waals surface area contributed by atoms with E-state index in [1.165, 1.54) is 51.4 Å². The quantitative estimate of drug-likeness (QED) is 0.684. The highest BCUT2D eigenvalue weighted by Crippen LogP contribution is 2.28. The molecule has 0 unspecified atom stereocenters. The van der Waals surface area contributed by atoms with Crippen LogP contribution in [0.25, 0.3) is 0 Å². The third-order valence-corrected chi connectivity index (χ3v) is 5.31. The monoisotopic (exact) mass is 228 g/mol. The van der Waals surface area contributed by atoms with E-state index in [-0.39, 0.29) is 0 Å². The van der Waals surface area contributed by atoms with Crippen molar-refractivity contribution in [1.29, 1.82) is 0 Å². The van der Waals surface area contributed by atoms with Gasteiger partial charge in [0.15, 0.2) is 0 Å². The molecule has 0 aromatic heterocycles. The summed E-state index contributed by atoms with van der Waals surface area (Å²) in [5, 5.41) is 0. The summed E-state index contributed by atoms with van der Waals surface area (Å²) in [5.41, 5.74) is 0. The van der Waals surface area contributed by atoms with Gasteiger partial charge in [-0.05, 0) is 38.8 Å². The van der Waals surface area contributed by atoms with Crippen LogP contribution in [0.3, 0.4) is 0 Å². The van der Waals surface area contributed by atoms with Crippen molar-refractivity contribution in [2.75, 3.05) is 0 Å². The van der Waals surface area contributed by atoms with Crippen molar-refractivity contribution >= 4 is 8.56 Å². The lowest BCUT2D eigenvalue weighted by Crippen LogP contribution is -2.41. The van der Waals surface area contributed by atoms with Crippen LogP contribution >= 0.6 is 0 Å². The molecule has 2 aliphatic rings. The molecule has 0 radical (unpaired) electrons. The Bertz CT molecular complexity index is 174. The van der Waals surface area contributed by atoms with Crippen molar-refractivity contribution < 1.29 is 8.85 Å². The maximum atomic E-state index is 6.18. The standard InChI is InChI=1S/C12H24O2Si/c1-15(2,13-11-7-3-4-8-11)14-12-9-5-6-10-12/h11-12H,3-10H2,1-2H3. The van der Waals surface area contributed by atoms with Crippen molar-refractivity contribution in [2.45, 2.75) is 76.7 Å². The Morgan fingerprint density at radius 2 is 1.07 bits per heavy atom. The fourth-order valence-electron chi connectivity index (χ4n) is 2.84. The molecular weight excluding hydrogens is 204 g/mol. The lowest BCUT2D eigenvalue weighted by atomic mass is 10.3. The van der Waals surface area contributed by atoms with Gasteiger partial charge < -0.3 is 8.85 Å². The van der Waals surface area contributed by atoms with Crippen molar-refractivity contribution in [2.24, 2.45) is 0 Å². The normalized spacial score (nSPS) is 25.2. The first-order valence-corrected chi connectivity index (χ1v) is 9.33. The van der Waals surface area contributed by atoms with E-state index >= 15 is 0 Å². The van der Waals surface area contributed by atoms with E-state index in [4.69, 9.17) is 8.85 Å². The number of rotatable bonds is 4. The molecule has 2 saturated carbocycles. The molecule has 15 heavy (non-hydrogen) atoms. The molecule has 2 fully saturated rings. The molecule has 0 aliphatic heterocycles. The van der Waals surface area contributed by atoms with Gasteiger partial charge in [-0.25, -0.2) is 0 Å². The van der Waals surface area contributed by atoms with Gasteiger partial charge in [0.25, 0.3) is 0 Å². The Morgan fingerprint density at radius 1 is 0.733 bits per heavy atom. The van der Waals surface area contributed by atoms with E-state index in [2.05, 4.69) is 13.1 Å². The molecule has 88 valence electrons. The van der Waals surface area contributed by atoms with Crippen LogP contribution < -0.4 is 0 Å². The average Bonchev–Trinajstić information content (AvgIpc) is 2.75. The maximum absolute atomic E-state index is 6.18. The molecule has 0 spiro atoms. The van der Waals surface area contributed by atoms with Crippen molar-refractivity contribution in [3.8, 4) is 0 Å². The maximum Gasteiger partial charge on any atom is 0.332 e. The van der Waals surface area contributed by atoms with Gasteiger partial charge in [-0.3, -0.25) is 0 Å². The molecule has 0 atom stereocenters. The molecule has 0 saturated heterocycles. The highest BCUT2D eigenvalue weighted by molar-refractivity contribution is 6.64. The molecule has 2 nitrogen and oxygen atoms in total. The Labute approximate surface area is 94.6 Å². The predicted molar refractivity (Wildman–Crippen MR) is 64.2 cm³/mol. The largest absolute Gasteiger partial charge is 0.391 e. The van der Waals surface area contributed by atoms with Crippen LogP contribution in [0.4, 0.5) is 0 Å². The highest BCUT2D eigenvalue weighted by atomic mass is 28.4. The highest BCUT2D eigenvalue weighted by Gasteiger charge is 2.33. The van der Waals surface area contributed by atoms with Crippen molar-refractivity contribution in [3.05, 3.63) is 0 Å². The van der Waals surface area contributed by atoms with Gasteiger partial charge in [0.05, 0.1) is 0 Å². The van der Waals surface area contributed by atoms with Crippen molar-refractivity contribution in [3.63, 3.8) is 0 Å². The summed E-state index contributed by atoms with van der Waals surface area (Å²) in [4.78, 5) is 0. The van der Waals surface area contributed by atoms with E-state index in [9.17, 15) is 0 Å². The van der Waals surface area contributed by atoms with Crippen LogP contribution in [0, 0.1) is 0 Å². The summed E-state index contributed by atoms with van der Waals surface area (Å²) in [6, 6.07) is 0. The summed E-state index contributed by atoms with van der Waals surface area (Å²) in [6.07, 6.45) is 11.4. The molecule has 0 amide bonds. The second kappa shape index (κ2) is 4.98. The van der Waals surface area contributed by atoms with E-state index in [1.54, 1.807) is 0 Å². The van der Waals surface area contributed by atoms with Crippen LogP contribution in [0.15, 0.2) is 0 Å². The molecule has 2 aliphatic carbocycles. The van der Waals surface area contributed by atoms with Gasteiger partial charge in [-0.1, -0.05) is 25.7 Å². The van der Waals surface area contributed by atoms with E-state index < -0.39 is 8.56 Å². The Hall–Kier alpha value is 0.137. The summed E-state index contributed by atoms with van der Waals surface area (Å²) in [7, 11) is -1.83. The summed E-state index contributed by atoms with van der Waals surface area (Å²) in [5.74, 6) is 0. The van der Waals surface area contributed by atoms with Crippen molar-refractivity contribution in [1.82, 2.24) is 0 Å². The first-order valence-electron chi connectivity index (χ1n) is 6.51. The summed E-state index contributed by atoms with van der Waals surface area (Å²) in [6.45, 7) is 4.42. The fourth-order valence-corrected chi connectivity index (χ4v) is 4.98. The van der Waals surface area contributed by atoms with Gasteiger partial charge in [0.1, 0.15) is 0 Å². The Kier molecular flexibility index (Phi) is 3.86. The lowest BCUT2D eigenvalue weighted by Gasteiger charge is -2.29. The molecule has 3 heteroatoms. The van der Waals surface area contributed by atoms with Gasteiger partial charge in [-0.2, -0.15) is 0 Å². The minimum Gasteiger partial charge on any atom is -0.391 e. The third-order valence-electron chi connectivity index (χ3n) is 3.51. The minimum absolute atomic E-state index is 0.507. The Morgan fingerprint density at radius 3 is 1.40 bits per heavy atom. The zero-order valence-electron chi connectivity index (χ0n) is 10.1. The lowest BCUT2D eigenvalue weighted by molar-refractivity contribution is 0.0899. The molecule has 0 heterocycles. The zero-order chi connectivity index (χ0) is 10.7. The summed E-state index contributed by atoms with van der Waals surface area (Å²) >= 11 is 0. The molecule has 0 aromatic rings. The van der Waals surface area contributed by atoms with Crippen LogP contribution in [-0.4, -0.2) is 20.8 Å². The van der Waals surface area contributed by atoms with Gasteiger partial charge in [-0.15, -0.1) is 0 Å². The second-order valence-electron chi connectivity index (χ2n) is 5.45. The smallest absolute Gasteiger partial charge is 0.332 e. The fraction of sp³-hybridized carbons (Fsp3) is 1.00. The van der Waals surface area contributed by atoms with Crippen LogP contribution in [0.5, 0.6) is 0 Å².